The topological polar surface area (TPSA) is 38.1 Å². The minimum absolute atomic E-state index is 0.658. The minimum atomic E-state index is 0.658. The van der Waals surface area contributed by atoms with Gasteiger partial charge in [-0.25, -0.2) is 4.98 Å². The molecular formula is C14H24N2O. The van der Waals surface area contributed by atoms with Gasteiger partial charge in [0.05, 0.1) is 12.7 Å². The molecule has 0 aliphatic heterocycles. The average molecular weight is 236 g/mol. The maximum Gasteiger partial charge on any atom is 0.208 e. The van der Waals surface area contributed by atoms with Crippen molar-refractivity contribution in [2.45, 2.75) is 65.0 Å². The number of hydrogen-bond donors (Lipinski definition) is 1. The first-order valence-corrected chi connectivity index (χ1v) is 6.98. The molecule has 0 aromatic carbocycles. The highest BCUT2D eigenvalue weighted by Gasteiger charge is 2.20. The Balaban J connectivity index is 1.77. The second kappa shape index (κ2) is 6.20. The van der Waals surface area contributed by atoms with Gasteiger partial charge in [-0.15, -0.1) is 0 Å². The van der Waals surface area contributed by atoms with Gasteiger partial charge in [0, 0.05) is 12.5 Å². The van der Waals surface area contributed by atoms with Gasteiger partial charge in [-0.05, 0) is 18.8 Å². The largest absolute Gasteiger partial charge is 0.444 e. The summed E-state index contributed by atoms with van der Waals surface area (Å²) >= 11 is 0. The first-order chi connectivity index (χ1) is 8.31. The lowest BCUT2D eigenvalue weighted by Crippen LogP contribution is -2.33. The van der Waals surface area contributed by atoms with Gasteiger partial charge < -0.3 is 9.73 Å². The number of aromatic nitrogens is 1. The number of nitrogens with zero attached hydrogens (tertiary/aromatic N) is 1. The van der Waals surface area contributed by atoms with E-state index in [1.54, 1.807) is 0 Å². The molecule has 2 atom stereocenters. The Labute approximate surface area is 104 Å². The lowest BCUT2D eigenvalue weighted by Gasteiger charge is -2.28. The van der Waals surface area contributed by atoms with Gasteiger partial charge in [-0.1, -0.05) is 33.1 Å². The molecule has 3 heteroatoms. The monoisotopic (exact) mass is 236 g/mol. The number of oxazole rings is 1. The average Bonchev–Trinajstić information content (AvgIpc) is 2.84. The van der Waals surface area contributed by atoms with Gasteiger partial charge in [0.15, 0.2) is 0 Å². The predicted molar refractivity (Wildman–Crippen MR) is 68.8 cm³/mol. The summed E-state index contributed by atoms with van der Waals surface area (Å²) in [5.74, 6) is 2.73. The molecular weight excluding hydrogens is 212 g/mol. The Bertz CT molecular complexity index is 335. The zero-order chi connectivity index (χ0) is 12.1. The summed E-state index contributed by atoms with van der Waals surface area (Å²) in [4.78, 5) is 4.28. The number of hydrogen-bond acceptors (Lipinski definition) is 3. The van der Waals surface area contributed by atoms with Crippen molar-refractivity contribution in [3.63, 3.8) is 0 Å². The standard InChI is InChI=1S/C14H24N2O/c1-3-11-6-5-7-12(8-11)15-10-14-16-9-13(4-2)17-14/h9,11-12,15H,3-8,10H2,1-2H3. The van der Waals surface area contributed by atoms with Gasteiger partial charge in [-0.3, -0.25) is 0 Å². The molecule has 1 N–H and O–H groups in total. The third-order valence-electron chi connectivity index (χ3n) is 3.85. The van der Waals surface area contributed by atoms with Crippen LogP contribution in [0, 0.1) is 5.92 Å². The van der Waals surface area contributed by atoms with Gasteiger partial charge in [0.25, 0.3) is 0 Å². The fourth-order valence-corrected chi connectivity index (χ4v) is 2.67. The van der Waals surface area contributed by atoms with Crippen LogP contribution in [-0.2, 0) is 13.0 Å². The molecule has 2 rings (SSSR count). The van der Waals surface area contributed by atoms with Crippen LogP contribution in [0.15, 0.2) is 10.6 Å². The predicted octanol–water partition coefficient (Wildman–Crippen LogP) is 3.30. The summed E-state index contributed by atoms with van der Waals surface area (Å²) in [6.07, 6.45) is 9.48. The minimum Gasteiger partial charge on any atom is -0.444 e. The van der Waals surface area contributed by atoms with E-state index in [2.05, 4.69) is 24.1 Å². The smallest absolute Gasteiger partial charge is 0.208 e. The van der Waals surface area contributed by atoms with Crippen LogP contribution < -0.4 is 5.32 Å². The lowest BCUT2D eigenvalue weighted by atomic mass is 9.84. The number of aryl methyl sites for hydroxylation is 1. The van der Waals surface area contributed by atoms with Gasteiger partial charge >= 0.3 is 0 Å². The number of nitrogens with one attached hydrogen (secondary N) is 1. The van der Waals surface area contributed by atoms with Crippen LogP contribution in [-0.4, -0.2) is 11.0 Å². The molecule has 0 spiro atoms. The molecule has 0 radical (unpaired) electrons. The van der Waals surface area contributed by atoms with Crippen molar-refractivity contribution >= 4 is 0 Å². The Kier molecular flexibility index (Phi) is 4.60. The van der Waals surface area contributed by atoms with Crippen molar-refractivity contribution in [2.24, 2.45) is 5.92 Å². The maximum absolute atomic E-state index is 5.60. The zero-order valence-electron chi connectivity index (χ0n) is 11.0. The van der Waals surface area contributed by atoms with E-state index in [1.807, 2.05) is 6.20 Å². The molecule has 2 unspecified atom stereocenters. The van der Waals surface area contributed by atoms with Crippen molar-refractivity contribution in [1.82, 2.24) is 10.3 Å². The van der Waals surface area contributed by atoms with Crippen molar-refractivity contribution in [1.29, 1.82) is 0 Å². The first-order valence-electron chi connectivity index (χ1n) is 6.98. The second-order valence-electron chi connectivity index (χ2n) is 5.09. The SMILES string of the molecule is CCc1cnc(CNC2CCCC(CC)C2)o1. The van der Waals surface area contributed by atoms with Crippen LogP contribution >= 0.6 is 0 Å². The van der Waals surface area contributed by atoms with E-state index < -0.39 is 0 Å². The van der Waals surface area contributed by atoms with E-state index in [0.29, 0.717) is 6.04 Å². The quantitative estimate of drug-likeness (QED) is 0.852. The maximum atomic E-state index is 5.60. The second-order valence-corrected chi connectivity index (χ2v) is 5.09. The van der Waals surface area contributed by atoms with Gasteiger partial charge in [0.2, 0.25) is 5.89 Å². The first kappa shape index (κ1) is 12.6. The summed E-state index contributed by atoms with van der Waals surface area (Å²) in [5, 5.41) is 3.58. The summed E-state index contributed by atoms with van der Waals surface area (Å²) in [7, 11) is 0. The third-order valence-corrected chi connectivity index (χ3v) is 3.85. The highest BCUT2D eigenvalue weighted by Crippen LogP contribution is 2.26. The Morgan fingerprint density at radius 3 is 3.00 bits per heavy atom. The Morgan fingerprint density at radius 2 is 2.29 bits per heavy atom. The van der Waals surface area contributed by atoms with Crippen LogP contribution in [0.25, 0.3) is 0 Å². The Hall–Kier alpha value is -0.830. The van der Waals surface area contributed by atoms with E-state index in [4.69, 9.17) is 4.42 Å². The fraction of sp³-hybridized carbons (Fsp3) is 0.786. The van der Waals surface area contributed by atoms with E-state index in [1.165, 1.54) is 32.1 Å². The molecule has 96 valence electrons. The lowest BCUT2D eigenvalue weighted by molar-refractivity contribution is 0.271. The van der Waals surface area contributed by atoms with Crippen LogP contribution in [0.4, 0.5) is 0 Å². The molecule has 1 aromatic heterocycles. The highest BCUT2D eigenvalue weighted by molar-refractivity contribution is 4.93. The van der Waals surface area contributed by atoms with Crippen LogP contribution in [0.1, 0.15) is 57.6 Å². The molecule has 1 aliphatic carbocycles. The molecule has 1 saturated carbocycles. The number of rotatable bonds is 5. The van der Waals surface area contributed by atoms with Crippen LogP contribution in [0.5, 0.6) is 0 Å². The Morgan fingerprint density at radius 1 is 1.41 bits per heavy atom. The summed E-state index contributed by atoms with van der Waals surface area (Å²) in [6.45, 7) is 5.17. The van der Waals surface area contributed by atoms with Crippen molar-refractivity contribution in [3.8, 4) is 0 Å². The molecule has 3 nitrogen and oxygen atoms in total. The molecule has 1 fully saturated rings. The molecule has 0 bridgehead atoms. The normalized spacial score (nSPS) is 25.1. The van der Waals surface area contributed by atoms with Crippen molar-refractivity contribution < 1.29 is 4.42 Å². The molecule has 17 heavy (non-hydrogen) atoms. The molecule has 1 aromatic rings. The third kappa shape index (κ3) is 3.56. The van der Waals surface area contributed by atoms with Crippen LogP contribution in [0.2, 0.25) is 0 Å². The summed E-state index contributed by atoms with van der Waals surface area (Å²) < 4.78 is 5.60. The highest BCUT2D eigenvalue weighted by atomic mass is 16.4. The van der Waals surface area contributed by atoms with Crippen LogP contribution in [0.3, 0.4) is 0 Å². The van der Waals surface area contributed by atoms with E-state index >= 15 is 0 Å². The van der Waals surface area contributed by atoms with E-state index in [0.717, 1.165) is 30.5 Å². The zero-order valence-corrected chi connectivity index (χ0v) is 11.0. The van der Waals surface area contributed by atoms with E-state index in [9.17, 15) is 0 Å². The molecule has 1 heterocycles. The fourth-order valence-electron chi connectivity index (χ4n) is 2.67. The van der Waals surface area contributed by atoms with E-state index in [-0.39, 0.29) is 0 Å². The summed E-state index contributed by atoms with van der Waals surface area (Å²) in [6, 6.07) is 0.658. The van der Waals surface area contributed by atoms with Crippen molar-refractivity contribution in [3.05, 3.63) is 17.8 Å². The summed E-state index contributed by atoms with van der Waals surface area (Å²) in [5.41, 5.74) is 0. The molecule has 1 aliphatic rings. The molecule has 0 saturated heterocycles. The van der Waals surface area contributed by atoms with Gasteiger partial charge in [0.1, 0.15) is 5.76 Å². The van der Waals surface area contributed by atoms with Crippen molar-refractivity contribution in [2.75, 3.05) is 0 Å². The molecule has 0 amide bonds. The van der Waals surface area contributed by atoms with Gasteiger partial charge in [-0.2, -0.15) is 0 Å².